The number of alkyl halides is 3. The third-order valence-electron chi connectivity index (χ3n) is 5.09. The van der Waals surface area contributed by atoms with Crippen molar-refractivity contribution in [2.45, 2.75) is 19.0 Å². The quantitative estimate of drug-likeness (QED) is 0.650. The Kier molecular flexibility index (Phi) is 5.15. The molecule has 5 nitrogen and oxygen atoms in total. The van der Waals surface area contributed by atoms with Crippen molar-refractivity contribution in [3.8, 4) is 0 Å². The fourth-order valence-corrected chi connectivity index (χ4v) is 3.74. The third-order valence-corrected chi connectivity index (χ3v) is 5.09. The largest absolute Gasteiger partial charge is 0.471 e. The van der Waals surface area contributed by atoms with E-state index in [9.17, 15) is 22.8 Å². The standard InChI is InChI=1S/C22H18F3N3O2/c23-22(24,25)21(30)28(18-11-3-7-16-8-4-12-26-20(16)18)14-19(29)27-13-5-9-15-6-1-2-10-17(15)27/h1-4,6-8,10-12H,5,9,13-14H2. The lowest BCUT2D eigenvalue weighted by Crippen LogP contribution is -2.49. The lowest BCUT2D eigenvalue weighted by atomic mass is 10.0. The van der Waals surface area contributed by atoms with E-state index in [2.05, 4.69) is 4.98 Å². The number of carbonyl (C=O) groups excluding carboxylic acids is 2. The maximum absolute atomic E-state index is 13.4. The van der Waals surface area contributed by atoms with Crippen molar-refractivity contribution < 1.29 is 22.8 Å². The van der Waals surface area contributed by atoms with E-state index in [0.717, 1.165) is 12.0 Å². The van der Waals surface area contributed by atoms with Gasteiger partial charge in [0.25, 0.3) is 0 Å². The zero-order valence-electron chi connectivity index (χ0n) is 15.9. The highest BCUT2D eigenvalue weighted by Crippen LogP contribution is 2.31. The van der Waals surface area contributed by atoms with Crippen LogP contribution in [0.2, 0.25) is 0 Å². The Labute approximate surface area is 170 Å². The van der Waals surface area contributed by atoms with Crippen LogP contribution in [0, 0.1) is 0 Å². The summed E-state index contributed by atoms with van der Waals surface area (Å²) in [6.45, 7) is -0.347. The fraction of sp³-hybridized carbons (Fsp3) is 0.227. The highest BCUT2D eigenvalue weighted by atomic mass is 19.4. The molecule has 154 valence electrons. The van der Waals surface area contributed by atoms with E-state index in [1.54, 1.807) is 30.3 Å². The van der Waals surface area contributed by atoms with Crippen molar-refractivity contribution in [3.63, 3.8) is 0 Å². The maximum Gasteiger partial charge on any atom is 0.471 e. The van der Waals surface area contributed by atoms with Crippen LogP contribution in [-0.2, 0) is 16.0 Å². The zero-order chi connectivity index (χ0) is 21.3. The predicted octanol–water partition coefficient (Wildman–Crippen LogP) is 4.11. The highest BCUT2D eigenvalue weighted by Gasteiger charge is 2.44. The molecule has 0 bridgehead atoms. The highest BCUT2D eigenvalue weighted by molar-refractivity contribution is 6.09. The number of aromatic nitrogens is 1. The Bertz CT molecular complexity index is 1110. The lowest BCUT2D eigenvalue weighted by Gasteiger charge is -2.32. The van der Waals surface area contributed by atoms with E-state index in [1.165, 1.54) is 23.2 Å². The van der Waals surface area contributed by atoms with Gasteiger partial charge < -0.3 is 4.90 Å². The summed E-state index contributed by atoms with van der Waals surface area (Å²) >= 11 is 0. The second kappa shape index (κ2) is 7.78. The molecule has 0 aliphatic carbocycles. The van der Waals surface area contributed by atoms with Gasteiger partial charge in [-0.3, -0.25) is 19.5 Å². The molecule has 0 atom stereocenters. The molecule has 1 aromatic heterocycles. The number of carbonyl (C=O) groups is 2. The molecule has 2 heterocycles. The first-order valence-electron chi connectivity index (χ1n) is 9.47. The number of aryl methyl sites for hydroxylation is 1. The molecule has 0 saturated carbocycles. The number of rotatable bonds is 3. The van der Waals surface area contributed by atoms with Crippen molar-refractivity contribution in [1.82, 2.24) is 4.98 Å². The molecule has 1 aliphatic heterocycles. The van der Waals surface area contributed by atoms with Gasteiger partial charge in [0, 0.05) is 23.8 Å². The van der Waals surface area contributed by atoms with Gasteiger partial charge in [-0.25, -0.2) is 0 Å². The molecular weight excluding hydrogens is 395 g/mol. The first-order valence-corrected chi connectivity index (χ1v) is 9.47. The van der Waals surface area contributed by atoms with Crippen LogP contribution in [-0.4, -0.2) is 36.1 Å². The molecule has 0 fully saturated rings. The number of nitrogens with zero attached hydrogens (tertiary/aromatic N) is 3. The number of para-hydroxylation sites is 2. The van der Waals surface area contributed by atoms with Crippen LogP contribution in [0.1, 0.15) is 12.0 Å². The number of pyridine rings is 1. The van der Waals surface area contributed by atoms with E-state index in [4.69, 9.17) is 0 Å². The summed E-state index contributed by atoms with van der Waals surface area (Å²) in [7, 11) is 0. The average molecular weight is 413 g/mol. The van der Waals surface area contributed by atoms with Gasteiger partial charge in [-0.15, -0.1) is 0 Å². The summed E-state index contributed by atoms with van der Waals surface area (Å²) in [4.78, 5) is 31.4. The van der Waals surface area contributed by atoms with E-state index in [-0.39, 0.29) is 11.2 Å². The smallest absolute Gasteiger partial charge is 0.311 e. The maximum atomic E-state index is 13.4. The van der Waals surface area contributed by atoms with E-state index < -0.39 is 24.5 Å². The first kappa shape index (κ1) is 19.9. The van der Waals surface area contributed by atoms with Gasteiger partial charge in [-0.1, -0.05) is 36.4 Å². The summed E-state index contributed by atoms with van der Waals surface area (Å²) < 4.78 is 40.1. The molecule has 2 amide bonds. The molecule has 0 N–H and O–H groups in total. The third kappa shape index (κ3) is 3.72. The van der Waals surface area contributed by atoms with E-state index in [0.29, 0.717) is 28.9 Å². The van der Waals surface area contributed by atoms with Crippen molar-refractivity contribution in [1.29, 1.82) is 0 Å². The monoisotopic (exact) mass is 413 g/mol. The average Bonchev–Trinajstić information content (AvgIpc) is 2.75. The fourth-order valence-electron chi connectivity index (χ4n) is 3.74. The van der Waals surface area contributed by atoms with Crippen LogP contribution in [0.4, 0.5) is 24.5 Å². The van der Waals surface area contributed by atoms with Crippen molar-refractivity contribution >= 4 is 34.1 Å². The van der Waals surface area contributed by atoms with Crippen LogP contribution in [0.25, 0.3) is 10.9 Å². The molecular formula is C22H18F3N3O2. The molecule has 8 heteroatoms. The van der Waals surface area contributed by atoms with Crippen LogP contribution in [0.3, 0.4) is 0 Å². The Balaban J connectivity index is 1.73. The topological polar surface area (TPSA) is 53.5 Å². The molecule has 2 aromatic carbocycles. The Morgan fingerprint density at radius 2 is 1.80 bits per heavy atom. The number of fused-ring (bicyclic) bond motifs is 2. The Hall–Kier alpha value is -3.42. The molecule has 0 unspecified atom stereocenters. The zero-order valence-corrected chi connectivity index (χ0v) is 15.9. The molecule has 30 heavy (non-hydrogen) atoms. The predicted molar refractivity (Wildman–Crippen MR) is 107 cm³/mol. The van der Waals surface area contributed by atoms with Gasteiger partial charge in [-0.2, -0.15) is 13.2 Å². The van der Waals surface area contributed by atoms with Gasteiger partial charge >= 0.3 is 12.1 Å². The molecule has 3 aromatic rings. The minimum atomic E-state index is -5.13. The molecule has 1 aliphatic rings. The minimum Gasteiger partial charge on any atom is -0.311 e. The second-order valence-corrected chi connectivity index (χ2v) is 7.02. The summed E-state index contributed by atoms with van der Waals surface area (Å²) in [5.74, 6) is -2.67. The van der Waals surface area contributed by atoms with Crippen LogP contribution in [0.5, 0.6) is 0 Å². The molecule has 0 saturated heterocycles. The number of amides is 2. The first-order chi connectivity index (χ1) is 14.4. The second-order valence-electron chi connectivity index (χ2n) is 7.02. The summed E-state index contributed by atoms with van der Waals surface area (Å²) in [5.41, 5.74) is 1.81. The van der Waals surface area contributed by atoms with Gasteiger partial charge in [0.15, 0.2) is 0 Å². The summed E-state index contributed by atoms with van der Waals surface area (Å²) in [6, 6.07) is 15.2. The van der Waals surface area contributed by atoms with Crippen molar-refractivity contribution in [2.75, 3.05) is 22.9 Å². The normalized spacial score (nSPS) is 13.8. The van der Waals surface area contributed by atoms with Gasteiger partial charge in [0.1, 0.15) is 6.54 Å². The Morgan fingerprint density at radius 3 is 2.60 bits per heavy atom. The van der Waals surface area contributed by atoms with Crippen LogP contribution < -0.4 is 9.80 Å². The van der Waals surface area contributed by atoms with E-state index >= 15 is 0 Å². The van der Waals surface area contributed by atoms with Crippen molar-refractivity contribution in [3.05, 3.63) is 66.4 Å². The summed E-state index contributed by atoms with van der Waals surface area (Å²) in [6.07, 6.45) is -2.20. The van der Waals surface area contributed by atoms with Gasteiger partial charge in [0.2, 0.25) is 5.91 Å². The molecule has 4 rings (SSSR count). The van der Waals surface area contributed by atoms with Gasteiger partial charge in [0.05, 0.1) is 11.2 Å². The van der Waals surface area contributed by atoms with E-state index in [1.807, 2.05) is 12.1 Å². The SMILES string of the molecule is O=C(CN(C(=O)C(F)(F)F)c1cccc2cccnc12)N1CCCc2ccccc21. The number of halogens is 3. The number of benzene rings is 2. The summed E-state index contributed by atoms with van der Waals surface area (Å²) in [5, 5.41) is 0.575. The number of hydrogen-bond acceptors (Lipinski definition) is 3. The van der Waals surface area contributed by atoms with Crippen LogP contribution >= 0.6 is 0 Å². The number of hydrogen-bond donors (Lipinski definition) is 0. The number of anilines is 2. The van der Waals surface area contributed by atoms with Gasteiger partial charge in [-0.05, 0) is 36.6 Å². The lowest BCUT2D eigenvalue weighted by molar-refractivity contribution is -0.170. The van der Waals surface area contributed by atoms with Crippen molar-refractivity contribution in [2.24, 2.45) is 0 Å². The molecule has 0 spiro atoms. The van der Waals surface area contributed by atoms with Crippen LogP contribution in [0.15, 0.2) is 60.8 Å². The minimum absolute atomic E-state index is 0.0472. The molecule has 0 radical (unpaired) electrons. The Morgan fingerprint density at radius 1 is 1.03 bits per heavy atom.